The zero-order valence-electron chi connectivity index (χ0n) is 6.85. The van der Waals surface area contributed by atoms with Crippen molar-refractivity contribution in [1.29, 1.82) is 0 Å². The van der Waals surface area contributed by atoms with Gasteiger partial charge >= 0.3 is 5.97 Å². The number of thioether (sulfide) groups is 1. The molecule has 0 aliphatic rings. The highest BCUT2D eigenvalue weighted by Crippen LogP contribution is 2.18. The minimum absolute atomic E-state index is 0.282. The van der Waals surface area contributed by atoms with Crippen molar-refractivity contribution in [3.05, 3.63) is 22.7 Å². The molecule has 1 heterocycles. The highest BCUT2D eigenvalue weighted by molar-refractivity contribution is 8.00. The van der Waals surface area contributed by atoms with Crippen LogP contribution >= 0.6 is 11.8 Å². The molecule has 0 saturated carbocycles. The first-order valence-corrected chi connectivity index (χ1v) is 4.42. The Morgan fingerprint density at radius 1 is 1.77 bits per heavy atom. The monoisotopic (exact) mass is 200 g/mol. The van der Waals surface area contributed by atoms with Crippen molar-refractivity contribution in [2.75, 3.05) is 0 Å². The van der Waals surface area contributed by atoms with Crippen LogP contribution in [0.3, 0.4) is 0 Å². The summed E-state index contributed by atoms with van der Waals surface area (Å²) in [5.74, 6) is -0.924. The lowest BCUT2D eigenvalue weighted by atomic mass is 10.5. The zero-order chi connectivity index (χ0) is 9.84. The fourth-order valence-electron chi connectivity index (χ4n) is 0.647. The minimum atomic E-state index is -0.924. The van der Waals surface area contributed by atoms with Gasteiger partial charge in [-0.3, -0.25) is 9.59 Å². The Morgan fingerprint density at radius 2 is 2.46 bits per heavy atom. The summed E-state index contributed by atoms with van der Waals surface area (Å²) < 4.78 is 0. The largest absolute Gasteiger partial charge is 0.480 e. The molecule has 0 aliphatic heterocycles. The van der Waals surface area contributed by atoms with Crippen molar-refractivity contribution >= 4 is 17.7 Å². The number of aromatic nitrogens is 2. The number of nitrogens with one attached hydrogen (secondary N) is 1. The molecule has 1 unspecified atom stereocenters. The lowest BCUT2D eigenvalue weighted by molar-refractivity contribution is -0.136. The van der Waals surface area contributed by atoms with Crippen LogP contribution in [0.25, 0.3) is 0 Å². The van der Waals surface area contributed by atoms with Crippen LogP contribution < -0.4 is 5.56 Å². The van der Waals surface area contributed by atoms with E-state index in [-0.39, 0.29) is 5.56 Å². The smallest absolute Gasteiger partial charge is 0.316 e. The van der Waals surface area contributed by atoms with Gasteiger partial charge in [0, 0.05) is 6.07 Å². The van der Waals surface area contributed by atoms with E-state index < -0.39 is 11.2 Å². The van der Waals surface area contributed by atoms with Crippen molar-refractivity contribution in [1.82, 2.24) is 9.97 Å². The molecule has 0 fully saturated rings. The molecule has 0 saturated heterocycles. The lowest BCUT2D eigenvalue weighted by Crippen LogP contribution is -2.12. The summed E-state index contributed by atoms with van der Waals surface area (Å²) in [4.78, 5) is 27.4. The van der Waals surface area contributed by atoms with Crippen LogP contribution in [-0.4, -0.2) is 26.3 Å². The molecular weight excluding hydrogens is 192 g/mol. The summed E-state index contributed by atoms with van der Waals surface area (Å²) in [5.41, 5.74) is -0.282. The van der Waals surface area contributed by atoms with Crippen molar-refractivity contribution in [3.8, 4) is 0 Å². The van der Waals surface area contributed by atoms with E-state index in [0.29, 0.717) is 5.03 Å². The number of carbonyl (C=O) groups is 1. The SMILES string of the molecule is CC(Sc1cc(=O)[nH]cn1)C(=O)O. The van der Waals surface area contributed by atoms with Gasteiger partial charge in [0.15, 0.2) is 0 Å². The average Bonchev–Trinajstić information content (AvgIpc) is 2.04. The van der Waals surface area contributed by atoms with Gasteiger partial charge < -0.3 is 10.1 Å². The van der Waals surface area contributed by atoms with Crippen molar-refractivity contribution in [2.45, 2.75) is 17.2 Å². The molecule has 0 amide bonds. The number of carboxylic acid groups (broad SMARTS) is 1. The maximum absolute atomic E-state index is 10.8. The fourth-order valence-corrected chi connectivity index (χ4v) is 1.40. The summed E-state index contributed by atoms with van der Waals surface area (Å²) in [7, 11) is 0. The minimum Gasteiger partial charge on any atom is -0.480 e. The second kappa shape index (κ2) is 4.08. The van der Waals surface area contributed by atoms with E-state index in [1.54, 1.807) is 0 Å². The van der Waals surface area contributed by atoms with Crippen LogP contribution in [-0.2, 0) is 4.79 Å². The number of hydrogen-bond acceptors (Lipinski definition) is 4. The van der Waals surface area contributed by atoms with Gasteiger partial charge in [-0.15, -0.1) is 0 Å². The van der Waals surface area contributed by atoms with Gasteiger partial charge in [-0.05, 0) is 6.92 Å². The number of carboxylic acids is 1. The molecule has 1 aromatic rings. The van der Waals surface area contributed by atoms with Gasteiger partial charge in [-0.25, -0.2) is 4.98 Å². The molecule has 1 atom stereocenters. The molecule has 6 heteroatoms. The van der Waals surface area contributed by atoms with E-state index in [9.17, 15) is 9.59 Å². The average molecular weight is 200 g/mol. The maximum atomic E-state index is 10.8. The Labute approximate surface area is 78.2 Å². The third kappa shape index (κ3) is 2.90. The van der Waals surface area contributed by atoms with Gasteiger partial charge in [-0.1, -0.05) is 11.8 Å². The lowest BCUT2D eigenvalue weighted by Gasteiger charge is -2.03. The zero-order valence-corrected chi connectivity index (χ0v) is 7.67. The quantitative estimate of drug-likeness (QED) is 0.543. The summed E-state index contributed by atoms with van der Waals surface area (Å²) in [5, 5.41) is 8.39. The molecule has 1 aromatic heterocycles. The molecular formula is C7H8N2O3S. The molecule has 0 radical (unpaired) electrons. The van der Waals surface area contributed by atoms with Gasteiger partial charge in [0.2, 0.25) is 0 Å². The van der Waals surface area contributed by atoms with Crippen LogP contribution in [0.2, 0.25) is 0 Å². The van der Waals surface area contributed by atoms with E-state index in [1.165, 1.54) is 19.3 Å². The second-order valence-corrected chi connectivity index (χ2v) is 3.71. The number of rotatable bonds is 3. The predicted molar refractivity (Wildman–Crippen MR) is 47.8 cm³/mol. The van der Waals surface area contributed by atoms with Gasteiger partial charge in [-0.2, -0.15) is 0 Å². The van der Waals surface area contributed by atoms with Gasteiger partial charge in [0.1, 0.15) is 10.3 Å². The van der Waals surface area contributed by atoms with Crippen molar-refractivity contribution in [3.63, 3.8) is 0 Å². The van der Waals surface area contributed by atoms with Crippen molar-refractivity contribution < 1.29 is 9.90 Å². The summed E-state index contributed by atoms with van der Waals surface area (Å²) >= 11 is 1.04. The number of hydrogen-bond donors (Lipinski definition) is 2. The van der Waals surface area contributed by atoms with Crippen LogP contribution in [0.5, 0.6) is 0 Å². The molecule has 13 heavy (non-hydrogen) atoms. The number of H-pyrrole nitrogens is 1. The first-order valence-electron chi connectivity index (χ1n) is 3.54. The Hall–Kier alpha value is -1.30. The Kier molecular flexibility index (Phi) is 3.07. The first-order chi connectivity index (χ1) is 6.09. The molecule has 70 valence electrons. The number of aromatic amines is 1. The van der Waals surface area contributed by atoms with Crippen LogP contribution in [0.1, 0.15) is 6.92 Å². The highest BCUT2D eigenvalue weighted by atomic mass is 32.2. The Bertz CT molecular complexity index is 363. The number of nitrogens with zero attached hydrogens (tertiary/aromatic N) is 1. The third-order valence-electron chi connectivity index (χ3n) is 1.30. The van der Waals surface area contributed by atoms with Crippen molar-refractivity contribution in [2.24, 2.45) is 0 Å². The first kappa shape index (κ1) is 9.79. The highest BCUT2D eigenvalue weighted by Gasteiger charge is 2.12. The van der Waals surface area contributed by atoms with Crippen LogP contribution in [0.4, 0.5) is 0 Å². The molecule has 0 spiro atoms. The molecule has 0 aliphatic carbocycles. The molecule has 5 nitrogen and oxygen atoms in total. The van der Waals surface area contributed by atoms with Crippen LogP contribution in [0, 0.1) is 0 Å². The van der Waals surface area contributed by atoms with E-state index in [4.69, 9.17) is 5.11 Å². The summed E-state index contributed by atoms with van der Waals surface area (Å²) in [6.07, 6.45) is 1.25. The summed E-state index contributed by atoms with van der Waals surface area (Å²) in [6.45, 7) is 1.54. The molecule has 0 bridgehead atoms. The predicted octanol–water partition coefficient (Wildman–Crippen LogP) is 0.335. The third-order valence-corrected chi connectivity index (χ3v) is 2.32. The number of aliphatic carboxylic acids is 1. The van der Waals surface area contributed by atoms with E-state index in [1.807, 2.05) is 0 Å². The van der Waals surface area contributed by atoms with Crippen LogP contribution in [0.15, 0.2) is 22.2 Å². The molecule has 0 aromatic carbocycles. The topological polar surface area (TPSA) is 83.0 Å². The Balaban J connectivity index is 2.75. The molecule has 1 rings (SSSR count). The van der Waals surface area contributed by atoms with Gasteiger partial charge in [0.25, 0.3) is 5.56 Å². The van der Waals surface area contributed by atoms with E-state index in [0.717, 1.165) is 11.8 Å². The Morgan fingerprint density at radius 3 is 3.00 bits per heavy atom. The standard InChI is InChI=1S/C7H8N2O3S/c1-4(7(11)12)13-6-2-5(10)8-3-9-6/h2-4H,1H3,(H,11,12)(H,8,9,10). The normalized spacial score (nSPS) is 12.4. The fraction of sp³-hybridized carbons (Fsp3) is 0.286. The molecule has 2 N–H and O–H groups in total. The maximum Gasteiger partial charge on any atom is 0.316 e. The second-order valence-electron chi connectivity index (χ2n) is 2.35. The van der Waals surface area contributed by atoms with E-state index in [2.05, 4.69) is 9.97 Å². The van der Waals surface area contributed by atoms with Gasteiger partial charge in [0.05, 0.1) is 6.33 Å². The van der Waals surface area contributed by atoms with E-state index >= 15 is 0 Å². The summed E-state index contributed by atoms with van der Waals surface area (Å²) in [6, 6.07) is 1.27.